The number of hydrogen-bond acceptors (Lipinski definition) is 0. The molecule has 0 heterocycles. The molecule has 3 heteroatoms. The first-order valence-corrected chi connectivity index (χ1v) is 5.04. The van der Waals surface area contributed by atoms with E-state index in [1.807, 2.05) is 0 Å². The number of hydrogen-bond donors (Lipinski definition) is 0. The fourth-order valence-corrected chi connectivity index (χ4v) is 1.40. The standard InChI is InChI=1S/C7H7.Au.Bi.Pd/c1-7-5-3-2-4-6-7;;;/h2-6H,1H2;;;. The molecule has 3 radical (unpaired) electrons. The molecule has 61 valence electrons. The molecular formula is C7H7AuBiPd. The quantitative estimate of drug-likeness (QED) is 0.426. The van der Waals surface area contributed by atoms with Crippen molar-refractivity contribution < 1.29 is 42.8 Å². The first kappa shape index (κ1) is 14.1. The molecular weight excluding hydrogens is 596 g/mol. The molecule has 0 aliphatic rings. The van der Waals surface area contributed by atoms with E-state index < -0.39 is 0 Å². The third-order valence-corrected chi connectivity index (χ3v) is 2.44. The molecule has 0 fully saturated rings. The summed E-state index contributed by atoms with van der Waals surface area (Å²) in [5, 5.41) is 0. The van der Waals surface area contributed by atoms with E-state index in [4.69, 9.17) is 0 Å². The Morgan fingerprint density at radius 2 is 1.60 bits per heavy atom. The van der Waals surface area contributed by atoms with Gasteiger partial charge in [-0.05, 0) is 0 Å². The topological polar surface area (TPSA) is 0 Å². The maximum absolute atomic E-state index is 2.17. The average molecular weight is 604 g/mol. The van der Waals surface area contributed by atoms with Crippen molar-refractivity contribution in [3.63, 3.8) is 0 Å². The Bertz CT molecular complexity index is 155. The molecule has 0 aliphatic carbocycles. The van der Waals surface area contributed by atoms with Gasteiger partial charge in [0.2, 0.25) is 0 Å². The molecule has 1 aromatic carbocycles. The summed E-state index contributed by atoms with van der Waals surface area (Å²) in [5.41, 5.74) is 1.46. The molecule has 0 saturated heterocycles. The van der Waals surface area contributed by atoms with E-state index in [0.717, 1.165) is 0 Å². The number of benzene rings is 1. The van der Waals surface area contributed by atoms with Crippen molar-refractivity contribution in [2.75, 3.05) is 0 Å². The SMILES string of the molecule is [Au].[Bi][CH2]c1ccccc1.[Pd]. The van der Waals surface area contributed by atoms with Crippen LogP contribution >= 0.6 is 0 Å². The van der Waals surface area contributed by atoms with Gasteiger partial charge in [-0.2, -0.15) is 0 Å². The molecule has 0 spiro atoms. The van der Waals surface area contributed by atoms with Crippen LogP contribution in [-0.2, 0) is 46.9 Å². The molecule has 10 heavy (non-hydrogen) atoms. The zero-order valence-corrected chi connectivity index (χ0v) is 12.4. The predicted molar refractivity (Wildman–Crippen MR) is 35.9 cm³/mol. The van der Waals surface area contributed by atoms with Gasteiger partial charge in [0.05, 0.1) is 0 Å². The minimum atomic E-state index is 0. The summed E-state index contributed by atoms with van der Waals surface area (Å²) in [7, 11) is 0. The van der Waals surface area contributed by atoms with Crippen LogP contribution in [0.2, 0.25) is 0 Å². The Morgan fingerprint density at radius 3 is 1.90 bits per heavy atom. The van der Waals surface area contributed by atoms with E-state index in [0.29, 0.717) is 0 Å². The zero-order valence-electron chi connectivity index (χ0n) is 5.16. The summed E-state index contributed by atoms with van der Waals surface area (Å²) >= 11 is 1.45. The van der Waals surface area contributed by atoms with Gasteiger partial charge in [-0.15, -0.1) is 0 Å². The van der Waals surface area contributed by atoms with Gasteiger partial charge in [-0.1, -0.05) is 0 Å². The molecule has 0 bridgehead atoms. The maximum Gasteiger partial charge on any atom is 0 e. The van der Waals surface area contributed by atoms with E-state index in [1.54, 1.807) is 0 Å². The van der Waals surface area contributed by atoms with Gasteiger partial charge in [0.15, 0.2) is 0 Å². The van der Waals surface area contributed by atoms with Crippen LogP contribution in [0.5, 0.6) is 0 Å². The van der Waals surface area contributed by atoms with E-state index in [2.05, 4.69) is 30.3 Å². The minimum absolute atomic E-state index is 0. The predicted octanol–water partition coefficient (Wildman–Crippen LogP) is 1.35. The summed E-state index contributed by atoms with van der Waals surface area (Å²) in [4.78, 5) is 0. The monoisotopic (exact) mass is 603 g/mol. The fourth-order valence-electron chi connectivity index (χ4n) is 0.583. The smallest absolute Gasteiger partial charge is 0 e. The molecule has 0 atom stereocenters. The molecule has 0 aliphatic heterocycles. The van der Waals surface area contributed by atoms with Gasteiger partial charge < -0.3 is 0 Å². The third-order valence-electron chi connectivity index (χ3n) is 1.03. The summed E-state index contributed by atoms with van der Waals surface area (Å²) in [6, 6.07) is 10.6. The average Bonchev–Trinajstić information content (AvgIpc) is 1.90. The van der Waals surface area contributed by atoms with Gasteiger partial charge in [0, 0.05) is 42.8 Å². The molecule has 0 saturated carbocycles. The Balaban J connectivity index is 0. The van der Waals surface area contributed by atoms with Crippen LogP contribution in [0, 0.1) is 0 Å². The molecule has 0 nitrogen and oxygen atoms in total. The summed E-state index contributed by atoms with van der Waals surface area (Å²) < 4.78 is 1.25. The Hall–Kier alpha value is 1.51. The third kappa shape index (κ3) is 5.19. The Morgan fingerprint density at radius 1 is 1.10 bits per heavy atom. The van der Waals surface area contributed by atoms with Crippen LogP contribution in [0.15, 0.2) is 30.3 Å². The molecule has 1 rings (SSSR count). The summed E-state index contributed by atoms with van der Waals surface area (Å²) in [5.74, 6) is 0. The van der Waals surface area contributed by atoms with Crippen LogP contribution in [0.4, 0.5) is 0 Å². The Kier molecular flexibility index (Phi) is 12.1. The first-order chi connectivity index (χ1) is 3.93. The van der Waals surface area contributed by atoms with E-state index in [-0.39, 0.29) is 42.8 Å². The normalized spacial score (nSPS) is 7.30. The van der Waals surface area contributed by atoms with Crippen molar-refractivity contribution in [3.8, 4) is 0 Å². The molecule has 0 aromatic heterocycles. The van der Waals surface area contributed by atoms with E-state index >= 15 is 0 Å². The van der Waals surface area contributed by atoms with E-state index in [9.17, 15) is 0 Å². The fraction of sp³-hybridized carbons (Fsp3) is 0.143. The minimum Gasteiger partial charge on any atom is 0 e. The van der Waals surface area contributed by atoms with Gasteiger partial charge in [0.25, 0.3) is 0 Å². The van der Waals surface area contributed by atoms with Crippen molar-refractivity contribution >= 4 is 24.7 Å². The maximum atomic E-state index is 2.17. The van der Waals surface area contributed by atoms with Crippen LogP contribution in [0.25, 0.3) is 0 Å². The summed E-state index contributed by atoms with van der Waals surface area (Å²) in [6.07, 6.45) is 0. The van der Waals surface area contributed by atoms with Crippen LogP contribution < -0.4 is 0 Å². The van der Waals surface area contributed by atoms with Gasteiger partial charge in [-0.25, -0.2) is 0 Å². The van der Waals surface area contributed by atoms with Crippen molar-refractivity contribution in [3.05, 3.63) is 35.9 Å². The van der Waals surface area contributed by atoms with Crippen LogP contribution in [0.3, 0.4) is 0 Å². The molecule has 0 unspecified atom stereocenters. The summed E-state index contributed by atoms with van der Waals surface area (Å²) in [6.45, 7) is 0. The van der Waals surface area contributed by atoms with Gasteiger partial charge >= 0.3 is 64.7 Å². The van der Waals surface area contributed by atoms with Gasteiger partial charge in [0.1, 0.15) is 0 Å². The second kappa shape index (κ2) is 8.60. The van der Waals surface area contributed by atoms with Crippen molar-refractivity contribution in [1.82, 2.24) is 0 Å². The molecule has 0 N–H and O–H groups in total. The second-order valence-electron chi connectivity index (χ2n) is 1.64. The van der Waals surface area contributed by atoms with Crippen molar-refractivity contribution in [2.45, 2.75) is 4.13 Å². The van der Waals surface area contributed by atoms with Crippen molar-refractivity contribution in [1.29, 1.82) is 0 Å². The van der Waals surface area contributed by atoms with Crippen molar-refractivity contribution in [2.24, 2.45) is 0 Å². The Labute approximate surface area is 106 Å². The van der Waals surface area contributed by atoms with Crippen LogP contribution in [-0.4, -0.2) is 24.7 Å². The largest absolute Gasteiger partial charge is 0 e. The molecule has 0 amide bonds. The van der Waals surface area contributed by atoms with Crippen LogP contribution in [0.1, 0.15) is 5.56 Å². The van der Waals surface area contributed by atoms with E-state index in [1.165, 1.54) is 34.4 Å². The first-order valence-electron chi connectivity index (χ1n) is 2.58. The second-order valence-corrected chi connectivity index (χ2v) is 2.87. The zero-order chi connectivity index (χ0) is 5.82. The molecule has 1 aromatic rings. The number of rotatable bonds is 1. The van der Waals surface area contributed by atoms with Gasteiger partial charge in [-0.3, -0.25) is 0 Å².